The first kappa shape index (κ1) is 24.6. The lowest BCUT2D eigenvalue weighted by atomic mass is 9.90. The molecule has 5 rings (SSSR count). The van der Waals surface area contributed by atoms with Crippen molar-refractivity contribution in [3.63, 3.8) is 0 Å². The predicted octanol–water partition coefficient (Wildman–Crippen LogP) is 4.17. The largest absolute Gasteiger partial charge is 0.417 e. The van der Waals surface area contributed by atoms with Crippen LogP contribution < -0.4 is 15.0 Å². The lowest BCUT2D eigenvalue weighted by Gasteiger charge is -2.34. The monoisotopic (exact) mass is 525 g/mol. The van der Waals surface area contributed by atoms with E-state index in [1.165, 1.54) is 6.20 Å². The molecule has 0 radical (unpaired) electrons. The maximum absolute atomic E-state index is 13.0. The van der Waals surface area contributed by atoms with E-state index in [2.05, 4.69) is 30.2 Å². The second-order valence-corrected chi connectivity index (χ2v) is 8.74. The van der Waals surface area contributed by atoms with Crippen LogP contribution in [0.25, 0.3) is 11.0 Å². The van der Waals surface area contributed by atoms with E-state index in [1.54, 1.807) is 6.07 Å². The number of ether oxygens (including phenoxy) is 1. The van der Waals surface area contributed by atoms with Gasteiger partial charge in [0.1, 0.15) is 6.54 Å². The summed E-state index contributed by atoms with van der Waals surface area (Å²) in [6.07, 6.45) is 0.782. The zero-order chi connectivity index (χ0) is 26.3. The summed E-state index contributed by atoms with van der Waals surface area (Å²) in [7, 11) is 0. The van der Waals surface area contributed by atoms with Crippen LogP contribution in [0.2, 0.25) is 0 Å². The van der Waals surface area contributed by atoms with E-state index in [0.717, 1.165) is 22.1 Å². The summed E-state index contributed by atoms with van der Waals surface area (Å²) in [6, 6.07) is 1.26. The maximum atomic E-state index is 13.0. The van der Waals surface area contributed by atoms with Crippen molar-refractivity contribution < 1.29 is 36.3 Å². The van der Waals surface area contributed by atoms with Crippen molar-refractivity contribution in [1.29, 1.82) is 0 Å². The van der Waals surface area contributed by atoms with Gasteiger partial charge in [-0.2, -0.15) is 22.0 Å². The Morgan fingerprint density at radius 1 is 1.08 bits per heavy atom. The number of alkyl halides is 5. The van der Waals surface area contributed by atoms with Gasteiger partial charge in [0.15, 0.2) is 5.65 Å². The fourth-order valence-corrected chi connectivity index (χ4v) is 4.66. The number of pyridine rings is 2. The molecule has 10 nitrogen and oxygen atoms in total. The number of amides is 3. The van der Waals surface area contributed by atoms with Crippen molar-refractivity contribution in [3.8, 4) is 5.88 Å². The molecule has 1 aliphatic heterocycles. The molecule has 4 heterocycles. The first-order valence-corrected chi connectivity index (χ1v) is 11.3. The molecule has 0 unspecified atom stereocenters. The first-order chi connectivity index (χ1) is 17.6. The Morgan fingerprint density at radius 3 is 2.54 bits per heavy atom. The smallest absolute Gasteiger partial charge is 0.415 e. The number of rotatable bonds is 6. The van der Waals surface area contributed by atoms with Gasteiger partial charge in [-0.05, 0) is 37.8 Å². The van der Waals surface area contributed by atoms with Crippen LogP contribution in [0.4, 0.5) is 38.1 Å². The van der Waals surface area contributed by atoms with E-state index in [9.17, 15) is 31.5 Å². The van der Waals surface area contributed by atoms with Crippen LogP contribution in [0.1, 0.15) is 31.2 Å². The second-order valence-electron chi connectivity index (χ2n) is 8.74. The maximum Gasteiger partial charge on any atom is 0.417 e. The Labute approximate surface area is 205 Å². The highest BCUT2D eigenvalue weighted by Crippen LogP contribution is 2.34. The van der Waals surface area contributed by atoms with Crippen LogP contribution in [0.5, 0.6) is 5.88 Å². The minimum absolute atomic E-state index is 0.0431. The number of aromatic amines is 1. The Balaban J connectivity index is 1.22. The lowest BCUT2D eigenvalue weighted by Crippen LogP contribution is -2.44. The van der Waals surface area contributed by atoms with Crippen LogP contribution in [0, 0.1) is 0 Å². The van der Waals surface area contributed by atoms with Gasteiger partial charge >= 0.3 is 18.8 Å². The molecule has 2 fully saturated rings. The number of carbonyl (C=O) groups is 2. The Kier molecular flexibility index (Phi) is 6.29. The van der Waals surface area contributed by atoms with Crippen molar-refractivity contribution in [2.45, 2.75) is 50.6 Å². The summed E-state index contributed by atoms with van der Waals surface area (Å²) in [4.78, 5) is 35.5. The molecule has 1 saturated heterocycles. The number of urea groups is 1. The number of halogens is 5. The molecule has 0 aromatic carbocycles. The minimum atomic E-state index is -4.63. The summed E-state index contributed by atoms with van der Waals surface area (Å²) in [6.45, 7) is -3.39. The number of fused-ring (bicyclic) bond motifs is 1. The molecule has 3 aromatic rings. The van der Waals surface area contributed by atoms with Crippen LogP contribution in [-0.2, 0) is 11.0 Å². The van der Waals surface area contributed by atoms with Gasteiger partial charge in [-0.15, -0.1) is 5.10 Å². The number of nitrogens with one attached hydrogen (secondary N) is 2. The molecule has 3 aromatic heterocycles. The lowest BCUT2D eigenvalue weighted by molar-refractivity contribution is -0.137. The Bertz CT molecular complexity index is 1320. The fraction of sp³-hybridized carbons (Fsp3) is 0.409. The second kappa shape index (κ2) is 9.44. The quantitative estimate of drug-likeness (QED) is 0.367. The third kappa shape index (κ3) is 4.97. The molecule has 3 amide bonds. The zero-order valence-corrected chi connectivity index (χ0v) is 19.0. The topological polar surface area (TPSA) is 116 Å². The molecule has 0 spiro atoms. The van der Waals surface area contributed by atoms with Gasteiger partial charge in [0.2, 0.25) is 5.88 Å². The third-order valence-electron chi connectivity index (χ3n) is 6.38. The van der Waals surface area contributed by atoms with Crippen LogP contribution in [0.15, 0.2) is 30.7 Å². The van der Waals surface area contributed by atoms with Crippen molar-refractivity contribution in [3.05, 3.63) is 36.3 Å². The van der Waals surface area contributed by atoms with Crippen molar-refractivity contribution in [1.82, 2.24) is 25.1 Å². The number of hydrogen-bond acceptors (Lipinski definition) is 7. The van der Waals surface area contributed by atoms with Gasteiger partial charge in [-0.1, -0.05) is 0 Å². The minimum Gasteiger partial charge on any atom is -0.415 e. The SMILES string of the molecule is O=C1CN(c2cncc(C(F)(F)F)c2)C(=O)N1C1CCC(Nc2cnc3[nH]nc(OC(F)F)c3c2)CC1. The summed E-state index contributed by atoms with van der Waals surface area (Å²) >= 11 is 0. The average Bonchev–Trinajstić information content (AvgIpc) is 3.38. The summed E-state index contributed by atoms with van der Waals surface area (Å²) < 4.78 is 68.7. The molecule has 15 heteroatoms. The van der Waals surface area contributed by atoms with E-state index in [1.807, 2.05) is 0 Å². The van der Waals surface area contributed by atoms with Crippen molar-refractivity contribution in [2.24, 2.45) is 0 Å². The van der Waals surface area contributed by atoms with Gasteiger partial charge in [-0.3, -0.25) is 24.7 Å². The number of aromatic nitrogens is 4. The molecular weight excluding hydrogens is 505 g/mol. The molecule has 2 aliphatic rings. The Morgan fingerprint density at radius 2 is 1.84 bits per heavy atom. The molecule has 1 saturated carbocycles. The molecule has 0 bridgehead atoms. The molecule has 2 N–H and O–H groups in total. The number of nitrogens with zero attached hydrogens (tertiary/aromatic N) is 5. The van der Waals surface area contributed by atoms with Gasteiger partial charge in [0.05, 0.1) is 34.7 Å². The summed E-state index contributed by atoms with van der Waals surface area (Å²) in [5.74, 6) is -0.753. The van der Waals surface area contributed by atoms with Gasteiger partial charge in [0, 0.05) is 18.3 Å². The third-order valence-corrected chi connectivity index (χ3v) is 6.38. The van der Waals surface area contributed by atoms with E-state index >= 15 is 0 Å². The zero-order valence-electron chi connectivity index (χ0n) is 19.0. The van der Waals surface area contributed by atoms with Gasteiger partial charge < -0.3 is 10.1 Å². The molecule has 196 valence electrons. The van der Waals surface area contributed by atoms with E-state index < -0.39 is 36.3 Å². The van der Waals surface area contributed by atoms with Crippen molar-refractivity contribution >= 4 is 34.3 Å². The number of carbonyl (C=O) groups excluding carboxylic acids is 2. The van der Waals surface area contributed by atoms with Crippen LogP contribution in [-0.4, -0.2) is 62.2 Å². The highest BCUT2D eigenvalue weighted by Gasteiger charge is 2.43. The highest BCUT2D eigenvalue weighted by atomic mass is 19.4. The molecule has 1 aliphatic carbocycles. The normalized spacial score (nSPS) is 20.8. The number of imide groups is 1. The van der Waals surface area contributed by atoms with E-state index in [0.29, 0.717) is 37.6 Å². The molecule has 37 heavy (non-hydrogen) atoms. The number of H-pyrrole nitrogens is 1. The van der Waals surface area contributed by atoms with Crippen molar-refractivity contribution in [2.75, 3.05) is 16.8 Å². The predicted molar refractivity (Wildman–Crippen MR) is 119 cm³/mol. The standard InChI is InChI=1S/C22H20F5N7O3/c23-20(24)37-19-16-6-13(8-29-18(16)31-32-19)30-12-1-3-14(4-2-12)34-17(35)10-33(21(34)36)15-5-11(7-28-9-15)22(25,26)27/h5-9,12,14,20,30H,1-4,10H2,(H,29,31,32). The van der Waals surface area contributed by atoms with E-state index in [-0.39, 0.29) is 35.2 Å². The van der Waals surface area contributed by atoms with Crippen LogP contribution in [0.3, 0.4) is 0 Å². The Hall–Kier alpha value is -4.04. The van der Waals surface area contributed by atoms with E-state index in [4.69, 9.17) is 0 Å². The first-order valence-electron chi connectivity index (χ1n) is 11.3. The molecule has 0 atom stereocenters. The van der Waals surface area contributed by atoms with Crippen LogP contribution >= 0.6 is 0 Å². The van der Waals surface area contributed by atoms with Gasteiger partial charge in [-0.25, -0.2) is 9.78 Å². The summed E-state index contributed by atoms with van der Waals surface area (Å²) in [5.41, 5.74) is -0.251. The summed E-state index contributed by atoms with van der Waals surface area (Å²) in [5, 5.41) is 9.76. The van der Waals surface area contributed by atoms with Gasteiger partial charge in [0.25, 0.3) is 5.91 Å². The fourth-order valence-electron chi connectivity index (χ4n) is 4.66. The number of hydrogen-bond donors (Lipinski definition) is 2. The number of anilines is 2. The average molecular weight is 525 g/mol. The molecular formula is C22H20F5N7O3. The highest BCUT2D eigenvalue weighted by molar-refractivity contribution is 6.12.